The molecule has 1 nitrogen and oxygen atoms in total. The van der Waals surface area contributed by atoms with Gasteiger partial charge in [-0.1, -0.05) is 55.6 Å². The molecule has 114 valence electrons. The van der Waals surface area contributed by atoms with Gasteiger partial charge in [-0.15, -0.1) is 23.5 Å². The average Bonchev–Trinajstić information content (AvgIpc) is 2.92. The van der Waals surface area contributed by atoms with E-state index in [1.807, 2.05) is 35.3 Å². The zero-order valence-electron chi connectivity index (χ0n) is 12.1. The first-order valence-electron chi connectivity index (χ1n) is 6.94. The van der Waals surface area contributed by atoms with Gasteiger partial charge in [0.2, 0.25) is 5.12 Å². The second kappa shape index (κ2) is 8.61. The summed E-state index contributed by atoms with van der Waals surface area (Å²) in [5.41, 5.74) is 1.38. The highest BCUT2D eigenvalue weighted by Crippen LogP contribution is 2.55. The van der Waals surface area contributed by atoms with Crippen LogP contribution in [-0.4, -0.2) is 25.3 Å². The van der Waals surface area contributed by atoms with Crippen LogP contribution in [0.15, 0.2) is 43.0 Å². The van der Waals surface area contributed by atoms with Crippen molar-refractivity contribution in [2.45, 2.75) is 27.8 Å². The molecule has 1 aromatic carbocycles. The van der Waals surface area contributed by atoms with Crippen LogP contribution in [0.2, 0.25) is 0 Å². The lowest BCUT2D eigenvalue weighted by Crippen LogP contribution is -2.19. The molecule has 1 fully saturated rings. The molecule has 0 aliphatic carbocycles. The number of rotatable bonds is 7. The van der Waals surface area contributed by atoms with E-state index < -0.39 is 0 Å². The maximum absolute atomic E-state index is 11.5. The number of carbonyl (C=O) groups is 1. The first-order chi connectivity index (χ1) is 10.2. The van der Waals surface area contributed by atoms with Crippen LogP contribution < -0.4 is 0 Å². The Morgan fingerprint density at radius 1 is 1.48 bits per heavy atom. The maximum Gasteiger partial charge on any atom is 0.212 e. The van der Waals surface area contributed by atoms with Crippen LogP contribution in [0, 0.1) is 0 Å². The van der Waals surface area contributed by atoms with Gasteiger partial charge in [-0.2, -0.15) is 11.8 Å². The third kappa shape index (κ3) is 5.31. The third-order valence-corrected chi connectivity index (χ3v) is 10.0. The fourth-order valence-electron chi connectivity index (χ4n) is 2.03. The van der Waals surface area contributed by atoms with E-state index in [4.69, 9.17) is 0 Å². The molecule has 0 aromatic heterocycles. The van der Waals surface area contributed by atoms with Crippen LogP contribution in [-0.2, 0) is 10.5 Å². The highest BCUT2D eigenvalue weighted by Gasteiger charge is 2.40. The molecule has 2 rings (SSSR count). The summed E-state index contributed by atoms with van der Waals surface area (Å²) < 4.78 is 0.635. The van der Waals surface area contributed by atoms with Crippen molar-refractivity contribution < 1.29 is 4.79 Å². The van der Waals surface area contributed by atoms with E-state index in [2.05, 4.69) is 43.8 Å². The van der Waals surface area contributed by atoms with Crippen molar-refractivity contribution in [1.82, 2.24) is 0 Å². The van der Waals surface area contributed by atoms with Gasteiger partial charge in [-0.05, 0) is 18.1 Å². The molecule has 21 heavy (non-hydrogen) atoms. The lowest BCUT2D eigenvalue weighted by molar-refractivity contribution is -0.107. The SMILES string of the molecule is C=CC(=O)SC1CSC(CC)(CSCc2ccccc2)S1. The lowest BCUT2D eigenvalue weighted by atomic mass is 10.2. The van der Waals surface area contributed by atoms with Crippen LogP contribution in [0.5, 0.6) is 0 Å². The number of hydrogen-bond donors (Lipinski definition) is 0. The molecule has 5 heteroatoms. The van der Waals surface area contributed by atoms with Gasteiger partial charge in [0.1, 0.15) is 0 Å². The predicted octanol–water partition coefficient (Wildman–Crippen LogP) is 5.28. The Labute approximate surface area is 144 Å². The van der Waals surface area contributed by atoms with Crippen molar-refractivity contribution in [3.05, 3.63) is 48.6 Å². The van der Waals surface area contributed by atoms with Crippen molar-refractivity contribution in [2.75, 3.05) is 11.5 Å². The van der Waals surface area contributed by atoms with Gasteiger partial charge in [0, 0.05) is 17.3 Å². The van der Waals surface area contributed by atoms with Crippen LogP contribution in [0.3, 0.4) is 0 Å². The summed E-state index contributed by atoms with van der Waals surface area (Å²) >= 11 is 7.42. The Hall–Kier alpha value is 0.0300. The Balaban J connectivity index is 1.82. The second-order valence-corrected chi connectivity index (χ2v) is 10.5. The van der Waals surface area contributed by atoms with E-state index in [0.717, 1.165) is 23.7 Å². The van der Waals surface area contributed by atoms with Crippen molar-refractivity contribution in [3.63, 3.8) is 0 Å². The van der Waals surface area contributed by atoms with Crippen molar-refractivity contribution >= 4 is 52.2 Å². The zero-order chi connectivity index (χ0) is 15.1. The largest absolute Gasteiger partial charge is 0.282 e. The first-order valence-corrected chi connectivity index (χ1v) is 10.8. The monoisotopic (exact) mass is 356 g/mol. The van der Waals surface area contributed by atoms with Crippen LogP contribution in [0.25, 0.3) is 0 Å². The van der Waals surface area contributed by atoms with Crippen molar-refractivity contribution in [1.29, 1.82) is 0 Å². The fourth-order valence-corrected chi connectivity index (χ4v) is 8.81. The summed E-state index contributed by atoms with van der Waals surface area (Å²) in [5, 5.41) is 0.0944. The Bertz CT molecular complexity index is 476. The van der Waals surface area contributed by atoms with Crippen LogP contribution in [0.4, 0.5) is 0 Å². The molecule has 1 aliphatic rings. The normalized spacial score (nSPS) is 24.9. The molecule has 0 amide bonds. The van der Waals surface area contributed by atoms with Gasteiger partial charge in [-0.25, -0.2) is 0 Å². The van der Waals surface area contributed by atoms with Crippen molar-refractivity contribution in [3.8, 4) is 0 Å². The van der Waals surface area contributed by atoms with Crippen molar-refractivity contribution in [2.24, 2.45) is 0 Å². The highest BCUT2D eigenvalue weighted by atomic mass is 32.2. The van der Waals surface area contributed by atoms with Gasteiger partial charge in [0.15, 0.2) is 0 Å². The zero-order valence-corrected chi connectivity index (χ0v) is 15.4. The van der Waals surface area contributed by atoms with E-state index in [-0.39, 0.29) is 9.19 Å². The van der Waals surface area contributed by atoms with Gasteiger partial charge >= 0.3 is 0 Å². The molecule has 0 N–H and O–H groups in total. The highest BCUT2D eigenvalue weighted by molar-refractivity contribution is 8.32. The van der Waals surface area contributed by atoms with E-state index in [1.54, 1.807) is 0 Å². The van der Waals surface area contributed by atoms with E-state index in [9.17, 15) is 4.79 Å². The molecule has 0 radical (unpaired) electrons. The van der Waals surface area contributed by atoms with Crippen LogP contribution in [0.1, 0.15) is 18.9 Å². The Morgan fingerprint density at radius 2 is 2.24 bits per heavy atom. The second-order valence-electron chi connectivity index (χ2n) is 4.74. The predicted molar refractivity (Wildman–Crippen MR) is 102 cm³/mol. The van der Waals surface area contributed by atoms with E-state index >= 15 is 0 Å². The lowest BCUT2D eigenvalue weighted by Gasteiger charge is -2.25. The van der Waals surface area contributed by atoms with Gasteiger partial charge in [0.25, 0.3) is 0 Å². The number of benzene rings is 1. The fraction of sp³-hybridized carbons (Fsp3) is 0.438. The Kier molecular flexibility index (Phi) is 7.13. The molecular formula is C16H20OS4. The number of thioether (sulfide) groups is 4. The molecule has 0 bridgehead atoms. The Morgan fingerprint density at radius 3 is 2.90 bits per heavy atom. The molecule has 1 saturated heterocycles. The minimum Gasteiger partial charge on any atom is -0.282 e. The molecular weight excluding hydrogens is 336 g/mol. The number of carbonyl (C=O) groups excluding carboxylic acids is 1. The number of hydrogen-bond acceptors (Lipinski definition) is 5. The minimum absolute atomic E-state index is 0.0944. The van der Waals surface area contributed by atoms with Gasteiger partial charge in [-0.3, -0.25) is 4.79 Å². The molecule has 1 aliphatic heterocycles. The summed E-state index contributed by atoms with van der Waals surface area (Å²) in [4.78, 5) is 11.5. The topological polar surface area (TPSA) is 17.1 Å². The van der Waals surface area contributed by atoms with Gasteiger partial charge < -0.3 is 0 Å². The summed E-state index contributed by atoms with van der Waals surface area (Å²) in [6.45, 7) is 5.81. The molecule has 2 atom stereocenters. The molecule has 2 unspecified atom stereocenters. The summed E-state index contributed by atoms with van der Waals surface area (Å²) in [7, 11) is 0. The molecule has 0 saturated carbocycles. The molecule has 0 spiro atoms. The first kappa shape index (κ1) is 17.4. The maximum atomic E-state index is 11.5. The third-order valence-electron chi connectivity index (χ3n) is 3.22. The smallest absolute Gasteiger partial charge is 0.212 e. The molecule has 1 aromatic rings. The quantitative estimate of drug-likeness (QED) is 0.617. The average molecular weight is 357 g/mol. The standard InChI is InChI=1S/C16H20OS4/c1-3-14(17)20-15-11-19-16(4-2,21-15)12-18-10-13-8-6-5-7-9-13/h3,5-9,15H,1,4,10-12H2,2H3. The van der Waals surface area contributed by atoms with E-state index in [0.29, 0.717) is 4.58 Å². The van der Waals surface area contributed by atoms with E-state index in [1.165, 1.54) is 23.4 Å². The molecule has 1 heterocycles. The van der Waals surface area contributed by atoms with Crippen LogP contribution >= 0.6 is 47.0 Å². The minimum atomic E-state index is 0.0944. The summed E-state index contributed by atoms with van der Waals surface area (Å²) in [5.74, 6) is 3.24. The van der Waals surface area contributed by atoms with Gasteiger partial charge in [0.05, 0.1) is 8.66 Å². The summed E-state index contributed by atoms with van der Waals surface area (Å²) in [6, 6.07) is 10.6. The summed E-state index contributed by atoms with van der Waals surface area (Å²) in [6.07, 6.45) is 2.56.